The van der Waals surface area contributed by atoms with Gasteiger partial charge in [0.05, 0.1) is 17.2 Å². The van der Waals surface area contributed by atoms with Crippen LogP contribution in [0.5, 0.6) is 5.75 Å². The Morgan fingerprint density at radius 1 is 0.917 bits per heavy atom. The second kappa shape index (κ2) is 16.8. The third-order valence-corrected chi connectivity index (χ3v) is 10.1. The lowest BCUT2D eigenvalue weighted by Gasteiger charge is -2.34. The molecule has 0 aliphatic rings. The maximum absolute atomic E-state index is 14.6. The Hall–Kier alpha value is -4.12. The number of benzene rings is 4. The summed E-state index contributed by atoms with van der Waals surface area (Å²) in [6, 6.07) is 23.4. The molecule has 0 radical (unpaired) electrons. The Bertz CT molecular complexity index is 1790. The van der Waals surface area contributed by atoms with Crippen molar-refractivity contribution in [3.63, 3.8) is 0 Å². The van der Waals surface area contributed by atoms with Crippen molar-refractivity contribution in [2.45, 2.75) is 57.1 Å². The number of anilines is 1. The van der Waals surface area contributed by atoms with Gasteiger partial charge in [0, 0.05) is 29.1 Å². The van der Waals surface area contributed by atoms with Crippen LogP contribution < -0.4 is 14.4 Å². The monoisotopic (exact) mass is 713 g/mol. The van der Waals surface area contributed by atoms with Gasteiger partial charge < -0.3 is 15.0 Å². The van der Waals surface area contributed by atoms with Crippen molar-refractivity contribution in [1.82, 2.24) is 10.2 Å². The third kappa shape index (κ3) is 9.49. The normalized spacial score (nSPS) is 12.5. The minimum absolute atomic E-state index is 0.0618. The first-order chi connectivity index (χ1) is 22.9. The van der Waals surface area contributed by atoms with Crippen molar-refractivity contribution in [3.05, 3.63) is 124 Å². The van der Waals surface area contributed by atoms with Crippen molar-refractivity contribution < 1.29 is 27.1 Å². The number of ether oxygens (including phenoxy) is 1. The van der Waals surface area contributed by atoms with Gasteiger partial charge in [-0.25, -0.2) is 12.8 Å². The van der Waals surface area contributed by atoms with Gasteiger partial charge in [-0.15, -0.1) is 0 Å². The van der Waals surface area contributed by atoms with E-state index in [4.69, 9.17) is 27.9 Å². The molecule has 0 unspecified atom stereocenters. The number of halogens is 3. The van der Waals surface area contributed by atoms with E-state index in [1.165, 1.54) is 47.4 Å². The van der Waals surface area contributed by atoms with E-state index >= 15 is 0 Å². The van der Waals surface area contributed by atoms with Crippen LogP contribution in [0.2, 0.25) is 10.0 Å². The van der Waals surface area contributed by atoms with Crippen LogP contribution >= 0.6 is 23.2 Å². The Balaban J connectivity index is 1.82. The number of amides is 2. The molecule has 4 aromatic rings. The number of carbonyl (C=O) groups is 2. The van der Waals surface area contributed by atoms with Crippen molar-refractivity contribution in [2.24, 2.45) is 0 Å². The number of nitrogens with one attached hydrogen (secondary N) is 1. The molecule has 0 aromatic heterocycles. The zero-order valence-corrected chi connectivity index (χ0v) is 29.2. The number of sulfonamides is 1. The van der Waals surface area contributed by atoms with Crippen molar-refractivity contribution in [1.29, 1.82) is 0 Å². The second-order valence-corrected chi connectivity index (χ2v) is 13.9. The topological polar surface area (TPSA) is 96.0 Å². The fourth-order valence-corrected chi connectivity index (χ4v) is 6.85. The van der Waals surface area contributed by atoms with Gasteiger partial charge in [-0.1, -0.05) is 66.5 Å². The molecule has 254 valence electrons. The quantitative estimate of drug-likeness (QED) is 0.140. The van der Waals surface area contributed by atoms with Gasteiger partial charge >= 0.3 is 0 Å². The molecule has 0 bridgehead atoms. The highest BCUT2D eigenvalue weighted by molar-refractivity contribution is 7.92. The molecule has 2 amide bonds. The molecule has 2 atom stereocenters. The highest BCUT2D eigenvalue weighted by Gasteiger charge is 2.35. The molecule has 0 saturated heterocycles. The Labute approximate surface area is 291 Å². The van der Waals surface area contributed by atoms with Crippen LogP contribution in [0.1, 0.15) is 38.3 Å². The molecule has 0 heterocycles. The molecular weight excluding hydrogens is 676 g/mol. The number of carbonyl (C=O) groups excluding carboxylic acids is 2. The zero-order chi connectivity index (χ0) is 34.8. The first-order valence-electron chi connectivity index (χ1n) is 15.5. The Kier molecular flexibility index (Phi) is 12.9. The predicted molar refractivity (Wildman–Crippen MR) is 187 cm³/mol. The van der Waals surface area contributed by atoms with Gasteiger partial charge in [0.25, 0.3) is 10.0 Å². The Morgan fingerprint density at radius 3 is 2.19 bits per heavy atom. The molecular formula is C36H38Cl2FN3O5S. The molecule has 0 aliphatic carbocycles. The van der Waals surface area contributed by atoms with E-state index in [-0.39, 0.29) is 34.6 Å². The number of hydrogen-bond donors (Lipinski definition) is 1. The molecule has 1 N–H and O–H groups in total. The van der Waals surface area contributed by atoms with Crippen molar-refractivity contribution in [3.8, 4) is 5.75 Å². The van der Waals surface area contributed by atoms with E-state index in [2.05, 4.69) is 5.32 Å². The highest BCUT2D eigenvalue weighted by atomic mass is 35.5. The summed E-state index contributed by atoms with van der Waals surface area (Å²) < 4.78 is 48.7. The number of nitrogens with zero attached hydrogens (tertiary/aromatic N) is 2. The zero-order valence-electron chi connectivity index (χ0n) is 26.9. The minimum Gasteiger partial charge on any atom is -0.494 e. The maximum atomic E-state index is 14.6. The van der Waals surface area contributed by atoms with E-state index in [9.17, 15) is 22.4 Å². The first kappa shape index (κ1) is 36.7. The van der Waals surface area contributed by atoms with Crippen LogP contribution in [0.4, 0.5) is 10.1 Å². The average molecular weight is 715 g/mol. The number of rotatable bonds is 15. The smallest absolute Gasteiger partial charge is 0.264 e. The van der Waals surface area contributed by atoms with E-state index in [1.807, 2.05) is 51.1 Å². The summed E-state index contributed by atoms with van der Waals surface area (Å²) in [6.45, 7) is 5.17. The molecule has 4 aromatic carbocycles. The van der Waals surface area contributed by atoms with Crippen molar-refractivity contribution in [2.75, 3.05) is 17.5 Å². The van der Waals surface area contributed by atoms with Crippen LogP contribution in [0, 0.1) is 5.82 Å². The fourth-order valence-electron chi connectivity index (χ4n) is 4.97. The molecule has 4 rings (SSSR count). The summed E-state index contributed by atoms with van der Waals surface area (Å²) in [6.07, 6.45) is 0.793. The van der Waals surface area contributed by atoms with Gasteiger partial charge in [-0.2, -0.15) is 0 Å². The van der Waals surface area contributed by atoms with Crippen LogP contribution in [0.3, 0.4) is 0 Å². The second-order valence-electron chi connectivity index (χ2n) is 11.2. The minimum atomic E-state index is -4.38. The largest absolute Gasteiger partial charge is 0.494 e. The maximum Gasteiger partial charge on any atom is 0.264 e. The van der Waals surface area contributed by atoms with E-state index in [0.717, 1.165) is 22.0 Å². The summed E-state index contributed by atoms with van der Waals surface area (Å²) in [5.41, 5.74) is 1.36. The van der Waals surface area contributed by atoms with Gasteiger partial charge in [-0.3, -0.25) is 13.9 Å². The molecule has 0 aliphatic heterocycles. The van der Waals surface area contributed by atoms with Crippen LogP contribution in [-0.2, 0) is 32.6 Å². The van der Waals surface area contributed by atoms with E-state index < -0.39 is 40.2 Å². The van der Waals surface area contributed by atoms with Gasteiger partial charge in [-0.05, 0) is 92.1 Å². The van der Waals surface area contributed by atoms with Crippen molar-refractivity contribution >= 4 is 50.7 Å². The lowest BCUT2D eigenvalue weighted by atomic mass is 10.0. The van der Waals surface area contributed by atoms with E-state index in [1.54, 1.807) is 12.1 Å². The summed E-state index contributed by atoms with van der Waals surface area (Å²) in [4.78, 5) is 29.7. The average Bonchev–Trinajstić information content (AvgIpc) is 3.07. The first-order valence-corrected chi connectivity index (χ1v) is 17.7. The van der Waals surface area contributed by atoms with Crippen LogP contribution in [0.15, 0.2) is 102 Å². The molecule has 0 saturated carbocycles. The van der Waals surface area contributed by atoms with Crippen LogP contribution in [0.25, 0.3) is 0 Å². The fraction of sp³-hybridized carbons (Fsp3) is 0.278. The lowest BCUT2D eigenvalue weighted by Crippen LogP contribution is -2.54. The Morgan fingerprint density at radius 2 is 1.58 bits per heavy atom. The highest BCUT2D eigenvalue weighted by Crippen LogP contribution is 2.28. The predicted octanol–water partition coefficient (Wildman–Crippen LogP) is 7.28. The molecule has 0 spiro atoms. The van der Waals surface area contributed by atoms with Gasteiger partial charge in [0.1, 0.15) is 24.2 Å². The van der Waals surface area contributed by atoms with E-state index in [0.29, 0.717) is 29.4 Å². The molecule has 48 heavy (non-hydrogen) atoms. The standard InChI is InChI=1S/C36H38Cl2FN3O5S/c1-4-25(3)40-36(44)34(21-26-9-7-6-8-10-26)41(23-27-11-12-28(37)22-33(27)38)35(43)24-42(30-15-13-29(39)14-16-30)48(45,46)32-19-17-31(18-20-32)47-5-2/h6-20,22,25,34H,4-5,21,23-24H2,1-3H3,(H,40,44)/t25-,34+/m0/s1. The summed E-state index contributed by atoms with van der Waals surface area (Å²) in [7, 11) is -4.38. The third-order valence-electron chi connectivity index (χ3n) is 7.74. The lowest BCUT2D eigenvalue weighted by molar-refractivity contribution is -0.140. The molecule has 12 heteroatoms. The number of hydrogen-bond acceptors (Lipinski definition) is 5. The van der Waals surface area contributed by atoms with Crippen LogP contribution in [-0.4, -0.2) is 50.4 Å². The SMILES string of the molecule is CCOc1ccc(S(=O)(=O)N(CC(=O)N(Cc2ccc(Cl)cc2Cl)[C@H](Cc2ccccc2)C(=O)N[C@@H](C)CC)c2ccc(F)cc2)cc1. The molecule has 0 fully saturated rings. The summed E-state index contributed by atoms with van der Waals surface area (Å²) in [5.74, 6) is -1.19. The van der Waals surface area contributed by atoms with Gasteiger partial charge in [0.2, 0.25) is 11.8 Å². The molecule has 8 nitrogen and oxygen atoms in total. The van der Waals surface area contributed by atoms with Gasteiger partial charge in [0.15, 0.2) is 0 Å². The summed E-state index contributed by atoms with van der Waals surface area (Å²) in [5, 5.41) is 3.65. The summed E-state index contributed by atoms with van der Waals surface area (Å²) >= 11 is 12.7.